The zero-order valence-corrected chi connectivity index (χ0v) is 16.5. The molecular formula is C21H18N4O5. The molecule has 4 rings (SSSR count). The second-order valence-corrected chi connectivity index (χ2v) is 6.17. The molecule has 3 aromatic heterocycles. The Hall–Kier alpha value is -4.14. The molecule has 1 aromatic carbocycles. The van der Waals surface area contributed by atoms with Crippen LogP contribution in [0.2, 0.25) is 0 Å². The van der Waals surface area contributed by atoms with E-state index in [2.05, 4.69) is 20.3 Å². The summed E-state index contributed by atoms with van der Waals surface area (Å²) in [6, 6.07) is 8.40. The van der Waals surface area contributed by atoms with Crippen LogP contribution in [-0.2, 0) is 0 Å². The standard InChI is InChI=1S/C21H18N4O5/c1-27-16-8-12(9-17(28-2)18(16)29-3)20(26)24-14-7-13(10-22-11-14)21-25-19-15(30-21)5-4-6-23-19/h4-11H,1-3H3,(H,24,26). The minimum atomic E-state index is -0.368. The number of amides is 1. The van der Waals surface area contributed by atoms with Gasteiger partial charge in [0.25, 0.3) is 5.91 Å². The van der Waals surface area contributed by atoms with Crippen LogP contribution in [0.1, 0.15) is 10.4 Å². The van der Waals surface area contributed by atoms with Crippen LogP contribution in [-0.4, -0.2) is 42.2 Å². The number of methoxy groups -OCH3 is 3. The van der Waals surface area contributed by atoms with Gasteiger partial charge in [0.2, 0.25) is 11.6 Å². The number of fused-ring (bicyclic) bond motifs is 1. The Kier molecular flexibility index (Phi) is 5.17. The maximum atomic E-state index is 12.8. The molecule has 9 nitrogen and oxygen atoms in total. The molecule has 0 aliphatic heterocycles. The zero-order chi connectivity index (χ0) is 21.1. The van der Waals surface area contributed by atoms with Crippen molar-refractivity contribution in [1.29, 1.82) is 0 Å². The van der Waals surface area contributed by atoms with E-state index in [-0.39, 0.29) is 5.91 Å². The van der Waals surface area contributed by atoms with Crippen LogP contribution in [0.15, 0.2) is 53.3 Å². The summed E-state index contributed by atoms with van der Waals surface area (Å²) in [6.07, 6.45) is 4.76. The first-order chi connectivity index (χ1) is 14.6. The van der Waals surface area contributed by atoms with Gasteiger partial charge < -0.3 is 23.9 Å². The van der Waals surface area contributed by atoms with Crippen molar-refractivity contribution in [2.45, 2.75) is 0 Å². The number of hydrogen-bond donors (Lipinski definition) is 1. The van der Waals surface area contributed by atoms with Crippen LogP contribution in [0.3, 0.4) is 0 Å². The lowest BCUT2D eigenvalue weighted by Gasteiger charge is -2.14. The first-order valence-corrected chi connectivity index (χ1v) is 8.91. The summed E-state index contributed by atoms with van der Waals surface area (Å²) in [7, 11) is 4.47. The molecule has 0 radical (unpaired) electrons. The van der Waals surface area contributed by atoms with Gasteiger partial charge in [-0.25, -0.2) is 4.98 Å². The van der Waals surface area contributed by atoms with Gasteiger partial charge in [-0.2, -0.15) is 4.98 Å². The molecule has 9 heteroatoms. The summed E-state index contributed by atoms with van der Waals surface area (Å²) >= 11 is 0. The molecule has 0 aliphatic carbocycles. The number of benzene rings is 1. The Labute approximate surface area is 171 Å². The van der Waals surface area contributed by atoms with Gasteiger partial charge in [0.1, 0.15) is 0 Å². The van der Waals surface area contributed by atoms with Crippen LogP contribution in [0.4, 0.5) is 5.69 Å². The maximum Gasteiger partial charge on any atom is 0.255 e. The number of rotatable bonds is 6. The average Bonchev–Trinajstić information content (AvgIpc) is 3.22. The van der Waals surface area contributed by atoms with Gasteiger partial charge >= 0.3 is 0 Å². The second-order valence-electron chi connectivity index (χ2n) is 6.17. The third-order valence-electron chi connectivity index (χ3n) is 4.33. The number of oxazole rings is 1. The molecule has 0 bridgehead atoms. The SMILES string of the molecule is COc1cc(C(=O)Nc2cncc(-c3nc4ncccc4o3)c2)cc(OC)c1OC. The molecule has 0 spiro atoms. The molecule has 0 unspecified atom stereocenters. The molecule has 0 aliphatic rings. The van der Waals surface area contributed by atoms with Crippen molar-refractivity contribution in [2.75, 3.05) is 26.6 Å². The van der Waals surface area contributed by atoms with Gasteiger partial charge in [-0.15, -0.1) is 0 Å². The van der Waals surface area contributed by atoms with E-state index < -0.39 is 0 Å². The molecule has 152 valence electrons. The first kappa shape index (κ1) is 19.2. The molecule has 4 aromatic rings. The van der Waals surface area contributed by atoms with Gasteiger partial charge in [-0.3, -0.25) is 9.78 Å². The zero-order valence-electron chi connectivity index (χ0n) is 16.5. The van der Waals surface area contributed by atoms with Crippen molar-refractivity contribution < 1.29 is 23.4 Å². The summed E-state index contributed by atoms with van der Waals surface area (Å²) in [5, 5.41) is 2.80. The van der Waals surface area contributed by atoms with Crippen molar-refractivity contribution >= 4 is 22.8 Å². The third-order valence-corrected chi connectivity index (χ3v) is 4.33. The molecule has 0 atom stereocenters. The summed E-state index contributed by atoms with van der Waals surface area (Å²) in [6.45, 7) is 0. The minimum Gasteiger partial charge on any atom is -0.493 e. The number of ether oxygens (including phenoxy) is 3. The van der Waals surface area contributed by atoms with Crippen LogP contribution in [0.5, 0.6) is 17.2 Å². The minimum absolute atomic E-state index is 0.334. The van der Waals surface area contributed by atoms with Gasteiger partial charge in [0.05, 0.1) is 38.8 Å². The van der Waals surface area contributed by atoms with Crippen molar-refractivity contribution in [3.05, 3.63) is 54.5 Å². The van der Waals surface area contributed by atoms with Crippen molar-refractivity contribution in [3.8, 4) is 28.7 Å². The fourth-order valence-electron chi connectivity index (χ4n) is 2.93. The van der Waals surface area contributed by atoms with E-state index in [4.69, 9.17) is 18.6 Å². The molecule has 1 amide bonds. The Bertz CT molecular complexity index is 1160. The van der Waals surface area contributed by atoms with Crippen LogP contribution in [0.25, 0.3) is 22.7 Å². The fourth-order valence-corrected chi connectivity index (χ4v) is 2.93. The van der Waals surface area contributed by atoms with Crippen LogP contribution >= 0.6 is 0 Å². The van der Waals surface area contributed by atoms with E-state index in [0.717, 1.165) is 0 Å². The largest absolute Gasteiger partial charge is 0.493 e. The number of aromatic nitrogens is 3. The number of carbonyl (C=O) groups excluding carboxylic acids is 1. The lowest BCUT2D eigenvalue weighted by atomic mass is 10.1. The van der Waals surface area contributed by atoms with Gasteiger partial charge in [-0.1, -0.05) is 0 Å². The Balaban J connectivity index is 1.62. The predicted octanol–water partition coefficient (Wildman–Crippen LogP) is 3.56. The number of nitrogens with zero attached hydrogens (tertiary/aromatic N) is 3. The molecule has 30 heavy (non-hydrogen) atoms. The number of pyridine rings is 2. The van der Waals surface area contributed by atoms with Crippen LogP contribution < -0.4 is 19.5 Å². The topological polar surface area (TPSA) is 109 Å². The number of carbonyl (C=O) groups is 1. The van der Waals surface area contributed by atoms with E-state index in [1.165, 1.54) is 27.5 Å². The van der Waals surface area contributed by atoms with Crippen molar-refractivity contribution in [2.24, 2.45) is 0 Å². The molecule has 0 saturated carbocycles. The van der Waals surface area contributed by atoms with E-state index >= 15 is 0 Å². The predicted molar refractivity (Wildman–Crippen MR) is 109 cm³/mol. The highest BCUT2D eigenvalue weighted by Gasteiger charge is 2.18. The highest BCUT2D eigenvalue weighted by Crippen LogP contribution is 2.38. The number of anilines is 1. The van der Waals surface area contributed by atoms with Gasteiger partial charge in [0.15, 0.2) is 22.7 Å². The third kappa shape index (κ3) is 3.60. The van der Waals surface area contributed by atoms with Gasteiger partial charge in [0, 0.05) is 18.0 Å². The average molecular weight is 406 g/mol. The number of hydrogen-bond acceptors (Lipinski definition) is 8. The quantitative estimate of drug-likeness (QED) is 0.518. The first-order valence-electron chi connectivity index (χ1n) is 8.91. The Morgan fingerprint density at radius 2 is 1.80 bits per heavy atom. The molecule has 1 N–H and O–H groups in total. The monoisotopic (exact) mass is 406 g/mol. The van der Waals surface area contributed by atoms with E-state index in [1.54, 1.807) is 42.7 Å². The van der Waals surface area contributed by atoms with Crippen molar-refractivity contribution in [1.82, 2.24) is 15.0 Å². The lowest BCUT2D eigenvalue weighted by molar-refractivity contribution is 0.102. The maximum absolute atomic E-state index is 12.8. The molecular weight excluding hydrogens is 388 g/mol. The van der Waals surface area contributed by atoms with Crippen LogP contribution in [0, 0.1) is 0 Å². The highest BCUT2D eigenvalue weighted by molar-refractivity contribution is 6.05. The summed E-state index contributed by atoms with van der Waals surface area (Å²) in [5.74, 6) is 1.16. The molecule has 3 heterocycles. The Morgan fingerprint density at radius 3 is 2.47 bits per heavy atom. The number of nitrogens with one attached hydrogen (secondary N) is 1. The van der Waals surface area contributed by atoms with Crippen molar-refractivity contribution in [3.63, 3.8) is 0 Å². The fraction of sp³-hybridized carbons (Fsp3) is 0.143. The van der Waals surface area contributed by atoms with E-state index in [9.17, 15) is 4.79 Å². The second kappa shape index (κ2) is 8.08. The summed E-state index contributed by atoms with van der Waals surface area (Å²) < 4.78 is 21.6. The van der Waals surface area contributed by atoms with E-state index in [0.29, 0.717) is 51.2 Å². The Morgan fingerprint density at radius 1 is 1.03 bits per heavy atom. The normalized spacial score (nSPS) is 10.6. The summed E-state index contributed by atoms with van der Waals surface area (Å²) in [5.41, 5.74) is 2.48. The van der Waals surface area contributed by atoms with E-state index in [1.807, 2.05) is 0 Å². The molecule has 0 fully saturated rings. The summed E-state index contributed by atoms with van der Waals surface area (Å²) in [4.78, 5) is 25.5. The molecule has 0 saturated heterocycles. The highest BCUT2D eigenvalue weighted by atomic mass is 16.5. The van der Waals surface area contributed by atoms with Gasteiger partial charge in [-0.05, 0) is 30.3 Å². The smallest absolute Gasteiger partial charge is 0.255 e. The lowest BCUT2D eigenvalue weighted by Crippen LogP contribution is -2.13.